The number of primary sulfonamides is 1. The number of hydrogen-bond donors (Lipinski definition) is 2. The summed E-state index contributed by atoms with van der Waals surface area (Å²) in [6.07, 6.45) is -2.92. The van der Waals surface area contributed by atoms with Gasteiger partial charge in [-0.3, -0.25) is 0 Å². The minimum Gasteiger partial charge on any atom is -0.383 e. The van der Waals surface area contributed by atoms with E-state index in [2.05, 4.69) is 20.9 Å². The summed E-state index contributed by atoms with van der Waals surface area (Å²) in [5.74, 6) is -0.350. The number of rotatable bonds is 2. The Bertz CT molecular complexity index is 491. The van der Waals surface area contributed by atoms with Crippen molar-refractivity contribution in [3.8, 4) is 0 Å². The molecule has 1 rings (SSSR count). The molecule has 0 aliphatic heterocycles. The van der Waals surface area contributed by atoms with Gasteiger partial charge in [0.2, 0.25) is 10.0 Å². The number of nitrogens with zero attached hydrogens (tertiary/aromatic N) is 1. The van der Waals surface area contributed by atoms with Crippen LogP contribution >= 0.6 is 15.9 Å². The maximum Gasteiger partial charge on any atom is 0.280 e. The molecule has 0 atom stereocenters. The fraction of sp³-hybridized carbons (Fsp3) is 0.167. The van der Waals surface area contributed by atoms with Gasteiger partial charge in [0.25, 0.3) is 6.43 Å². The molecule has 0 spiro atoms. The fourth-order valence-electron chi connectivity index (χ4n) is 0.863. The first-order valence-electron chi connectivity index (χ1n) is 3.50. The van der Waals surface area contributed by atoms with Crippen LogP contribution in [0.25, 0.3) is 0 Å². The number of hydrogen-bond acceptors (Lipinski definition) is 4. The highest BCUT2D eigenvalue weighted by Gasteiger charge is 2.20. The Kier molecular flexibility index (Phi) is 3.26. The molecule has 0 radical (unpaired) electrons. The van der Waals surface area contributed by atoms with Crippen molar-refractivity contribution in [2.24, 2.45) is 5.14 Å². The van der Waals surface area contributed by atoms with Gasteiger partial charge < -0.3 is 5.73 Å². The van der Waals surface area contributed by atoms with E-state index in [-0.39, 0.29) is 10.3 Å². The molecule has 4 N–H and O–H groups in total. The Balaban J connectivity index is 3.52. The molecule has 84 valence electrons. The van der Waals surface area contributed by atoms with Crippen LogP contribution < -0.4 is 10.9 Å². The second kappa shape index (κ2) is 3.99. The zero-order valence-electron chi connectivity index (χ0n) is 7.12. The van der Waals surface area contributed by atoms with Crippen molar-refractivity contribution >= 4 is 31.8 Å². The summed E-state index contributed by atoms with van der Waals surface area (Å²) in [7, 11) is -4.11. The van der Waals surface area contributed by atoms with E-state index in [0.29, 0.717) is 6.07 Å². The first kappa shape index (κ1) is 12.3. The third-order valence-corrected chi connectivity index (χ3v) is 3.53. The molecule has 0 amide bonds. The van der Waals surface area contributed by atoms with Crippen LogP contribution in [-0.4, -0.2) is 13.4 Å². The Morgan fingerprint density at radius 3 is 2.40 bits per heavy atom. The van der Waals surface area contributed by atoms with Gasteiger partial charge in [-0.05, 0) is 22.0 Å². The number of alkyl halides is 2. The zero-order chi connectivity index (χ0) is 11.8. The van der Waals surface area contributed by atoms with Crippen molar-refractivity contribution in [1.82, 2.24) is 4.98 Å². The normalized spacial score (nSPS) is 12.1. The number of nitrogen functional groups attached to an aromatic ring is 1. The second-order valence-corrected chi connectivity index (χ2v) is 4.91. The molecule has 0 aromatic carbocycles. The van der Waals surface area contributed by atoms with Crippen molar-refractivity contribution in [1.29, 1.82) is 0 Å². The summed E-state index contributed by atoms with van der Waals surface area (Å²) in [4.78, 5) is 2.80. The van der Waals surface area contributed by atoms with Gasteiger partial charge in [-0.15, -0.1) is 0 Å². The standard InChI is InChI=1S/C6H6BrF2N3O2S/c7-4-3(15(11,13)14)1-2(5(8)9)12-6(4)10/h1,5H,(H2,10,12)(H2,11,13,14). The summed E-state index contributed by atoms with van der Waals surface area (Å²) in [5.41, 5.74) is 4.51. The van der Waals surface area contributed by atoms with Crippen LogP contribution in [0.5, 0.6) is 0 Å². The third kappa shape index (κ3) is 2.61. The highest BCUT2D eigenvalue weighted by molar-refractivity contribution is 9.10. The van der Waals surface area contributed by atoms with E-state index < -0.39 is 27.0 Å². The molecule has 1 aromatic rings. The van der Waals surface area contributed by atoms with E-state index >= 15 is 0 Å². The Morgan fingerprint density at radius 2 is 2.00 bits per heavy atom. The zero-order valence-corrected chi connectivity index (χ0v) is 9.52. The molecular formula is C6H6BrF2N3O2S. The van der Waals surface area contributed by atoms with Crippen molar-refractivity contribution in [3.05, 3.63) is 16.2 Å². The van der Waals surface area contributed by atoms with Crippen LogP contribution in [0.2, 0.25) is 0 Å². The van der Waals surface area contributed by atoms with Crippen LogP contribution in [0.3, 0.4) is 0 Å². The molecule has 0 fully saturated rings. The van der Waals surface area contributed by atoms with Crippen LogP contribution in [0.4, 0.5) is 14.6 Å². The Morgan fingerprint density at radius 1 is 1.47 bits per heavy atom. The number of sulfonamides is 1. The van der Waals surface area contributed by atoms with Gasteiger partial charge in [-0.25, -0.2) is 27.3 Å². The number of halogens is 3. The number of nitrogens with two attached hydrogens (primary N) is 2. The number of pyridine rings is 1. The summed E-state index contributed by atoms with van der Waals surface area (Å²) in [5, 5.41) is 4.81. The largest absolute Gasteiger partial charge is 0.383 e. The number of aromatic nitrogens is 1. The average Bonchev–Trinajstić information content (AvgIpc) is 2.06. The molecule has 5 nitrogen and oxygen atoms in total. The van der Waals surface area contributed by atoms with Crippen LogP contribution in [0.1, 0.15) is 12.1 Å². The van der Waals surface area contributed by atoms with Gasteiger partial charge in [0.15, 0.2) is 0 Å². The van der Waals surface area contributed by atoms with Gasteiger partial charge >= 0.3 is 0 Å². The lowest BCUT2D eigenvalue weighted by atomic mass is 10.3. The molecule has 0 saturated heterocycles. The molecule has 1 aromatic heterocycles. The van der Waals surface area contributed by atoms with E-state index in [0.717, 1.165) is 0 Å². The van der Waals surface area contributed by atoms with E-state index in [1.165, 1.54) is 0 Å². The maximum atomic E-state index is 12.3. The maximum absolute atomic E-state index is 12.3. The lowest BCUT2D eigenvalue weighted by molar-refractivity contribution is 0.146. The van der Waals surface area contributed by atoms with Crippen LogP contribution in [0, 0.1) is 0 Å². The van der Waals surface area contributed by atoms with Gasteiger partial charge in [-0.1, -0.05) is 0 Å². The van der Waals surface area contributed by atoms with E-state index in [4.69, 9.17) is 10.9 Å². The summed E-state index contributed by atoms with van der Waals surface area (Å²) < 4.78 is 46.4. The topological polar surface area (TPSA) is 99.1 Å². The molecule has 0 aliphatic rings. The lowest BCUT2D eigenvalue weighted by Crippen LogP contribution is -2.15. The molecule has 15 heavy (non-hydrogen) atoms. The molecule has 0 saturated carbocycles. The monoisotopic (exact) mass is 301 g/mol. The van der Waals surface area contributed by atoms with Crippen molar-refractivity contribution in [2.75, 3.05) is 5.73 Å². The minimum atomic E-state index is -4.11. The smallest absolute Gasteiger partial charge is 0.280 e. The molecule has 1 heterocycles. The molecule has 0 unspecified atom stereocenters. The molecule has 0 bridgehead atoms. The Labute approximate surface area is 92.7 Å². The summed E-state index contributed by atoms with van der Waals surface area (Å²) >= 11 is 2.81. The summed E-state index contributed by atoms with van der Waals surface area (Å²) in [6, 6.07) is 0.681. The number of anilines is 1. The predicted octanol–water partition coefficient (Wildman–Crippen LogP) is 1.01. The predicted molar refractivity (Wildman–Crippen MR) is 52.7 cm³/mol. The fourth-order valence-corrected chi connectivity index (χ4v) is 2.38. The van der Waals surface area contributed by atoms with E-state index in [1.807, 2.05) is 0 Å². The van der Waals surface area contributed by atoms with Gasteiger partial charge in [0.05, 0.1) is 4.47 Å². The first-order valence-corrected chi connectivity index (χ1v) is 5.84. The highest BCUT2D eigenvalue weighted by Crippen LogP contribution is 2.29. The minimum absolute atomic E-state index is 0.116. The Hall–Kier alpha value is -0.800. The summed E-state index contributed by atoms with van der Waals surface area (Å²) in [6.45, 7) is 0. The second-order valence-electron chi connectivity index (χ2n) is 2.59. The van der Waals surface area contributed by atoms with Gasteiger partial charge in [-0.2, -0.15) is 0 Å². The van der Waals surface area contributed by atoms with E-state index in [9.17, 15) is 17.2 Å². The molecular weight excluding hydrogens is 296 g/mol. The lowest BCUT2D eigenvalue weighted by Gasteiger charge is -2.07. The molecule has 9 heteroatoms. The quantitative estimate of drug-likeness (QED) is 0.851. The highest BCUT2D eigenvalue weighted by atomic mass is 79.9. The van der Waals surface area contributed by atoms with Gasteiger partial charge in [0.1, 0.15) is 16.4 Å². The van der Waals surface area contributed by atoms with Crippen molar-refractivity contribution in [3.63, 3.8) is 0 Å². The molecule has 0 aliphatic carbocycles. The third-order valence-electron chi connectivity index (χ3n) is 1.50. The average molecular weight is 302 g/mol. The first-order chi connectivity index (χ1) is 6.73. The van der Waals surface area contributed by atoms with Crippen LogP contribution in [-0.2, 0) is 10.0 Å². The van der Waals surface area contributed by atoms with Crippen molar-refractivity contribution < 1.29 is 17.2 Å². The van der Waals surface area contributed by atoms with Crippen molar-refractivity contribution in [2.45, 2.75) is 11.3 Å². The van der Waals surface area contributed by atoms with Gasteiger partial charge in [0, 0.05) is 0 Å². The SMILES string of the molecule is Nc1nc(C(F)F)cc(S(N)(=O)=O)c1Br. The van der Waals surface area contributed by atoms with E-state index in [1.54, 1.807) is 0 Å². The van der Waals surface area contributed by atoms with Crippen LogP contribution in [0.15, 0.2) is 15.4 Å².